The lowest BCUT2D eigenvalue weighted by atomic mass is 9.96. The van der Waals surface area contributed by atoms with Crippen LogP contribution in [0.4, 0.5) is 0 Å². The molecule has 0 saturated heterocycles. The number of aromatic nitrogens is 1. The van der Waals surface area contributed by atoms with Crippen LogP contribution in [-0.4, -0.2) is 47.4 Å². The number of hydroxylamine groups is 1. The normalized spacial score (nSPS) is 15.5. The van der Waals surface area contributed by atoms with Crippen molar-refractivity contribution in [3.05, 3.63) is 35.5 Å². The number of rotatable bonds is 10. The van der Waals surface area contributed by atoms with Crippen LogP contribution in [0.5, 0.6) is 0 Å². The molecule has 0 fully saturated rings. The van der Waals surface area contributed by atoms with E-state index in [9.17, 15) is 14.4 Å². The number of hydrogen-bond acceptors (Lipinski definition) is 5. The highest BCUT2D eigenvalue weighted by Crippen LogP contribution is 2.31. The van der Waals surface area contributed by atoms with Gasteiger partial charge in [-0.3, -0.25) is 14.4 Å². The molecule has 31 heavy (non-hydrogen) atoms. The zero-order valence-electron chi connectivity index (χ0n) is 18.2. The number of amides is 2. The predicted octanol–water partition coefficient (Wildman–Crippen LogP) is 3.00. The molecule has 0 spiro atoms. The number of esters is 1. The van der Waals surface area contributed by atoms with Crippen molar-refractivity contribution in [3.8, 4) is 0 Å². The van der Waals surface area contributed by atoms with Gasteiger partial charge in [-0.15, -0.1) is 0 Å². The zero-order chi connectivity index (χ0) is 22.2. The highest BCUT2D eigenvalue weighted by molar-refractivity contribution is 5.89. The first-order valence-corrected chi connectivity index (χ1v) is 10.9. The summed E-state index contributed by atoms with van der Waals surface area (Å²) in [6, 6.07) is 7.37. The maximum absolute atomic E-state index is 12.9. The fourth-order valence-corrected chi connectivity index (χ4v) is 4.08. The second-order valence-corrected chi connectivity index (χ2v) is 7.76. The molecule has 8 nitrogen and oxygen atoms in total. The van der Waals surface area contributed by atoms with Crippen molar-refractivity contribution in [3.63, 3.8) is 0 Å². The van der Waals surface area contributed by atoms with Gasteiger partial charge in [-0.05, 0) is 31.4 Å². The number of fused-ring (bicyclic) bond motifs is 3. The summed E-state index contributed by atoms with van der Waals surface area (Å²) in [4.78, 5) is 46.8. The van der Waals surface area contributed by atoms with E-state index >= 15 is 0 Å². The van der Waals surface area contributed by atoms with E-state index in [-0.39, 0.29) is 17.8 Å². The van der Waals surface area contributed by atoms with Crippen molar-refractivity contribution >= 4 is 28.7 Å². The molecular formula is C23H31N3O5. The van der Waals surface area contributed by atoms with E-state index in [1.807, 2.05) is 31.2 Å². The number of hydrogen-bond donors (Lipinski definition) is 2. The second kappa shape index (κ2) is 10.9. The van der Waals surface area contributed by atoms with Crippen LogP contribution < -0.4 is 5.48 Å². The molecule has 1 atom stereocenters. The van der Waals surface area contributed by atoms with E-state index in [0.717, 1.165) is 47.8 Å². The molecule has 0 unspecified atom stereocenters. The molecule has 2 N–H and O–H groups in total. The van der Waals surface area contributed by atoms with Gasteiger partial charge in [-0.1, -0.05) is 31.0 Å². The summed E-state index contributed by atoms with van der Waals surface area (Å²) in [5.41, 5.74) is 5.45. The lowest BCUT2D eigenvalue weighted by Gasteiger charge is -2.34. The summed E-state index contributed by atoms with van der Waals surface area (Å²) in [6.45, 7) is 2.63. The molecule has 1 aromatic heterocycles. The van der Waals surface area contributed by atoms with Gasteiger partial charge in [0, 0.05) is 35.9 Å². The van der Waals surface area contributed by atoms with Crippen LogP contribution in [0, 0.1) is 0 Å². The Balaban J connectivity index is 1.54. The molecule has 0 saturated carbocycles. The fourth-order valence-electron chi connectivity index (χ4n) is 4.08. The Morgan fingerprint density at radius 2 is 1.87 bits per heavy atom. The maximum Gasteiger partial charge on any atom is 0.328 e. The number of aromatic amines is 1. The number of methoxy groups -OCH3 is 1. The molecule has 2 heterocycles. The molecule has 8 heteroatoms. The Labute approximate surface area is 182 Å². The maximum atomic E-state index is 12.9. The highest BCUT2D eigenvalue weighted by atomic mass is 16.6. The first-order chi connectivity index (χ1) is 15.0. The molecule has 168 valence electrons. The summed E-state index contributed by atoms with van der Waals surface area (Å²) >= 11 is 0. The lowest BCUT2D eigenvalue weighted by molar-refractivity contribution is -0.154. The number of carbonyl (C=O) groups excluding carboxylic acids is 3. The van der Waals surface area contributed by atoms with Gasteiger partial charge in [0.05, 0.1) is 20.3 Å². The SMILES string of the molecule is CCONC(=O)CCCCCCC(=O)N1Cc2[nH]c3ccccc3c2C[C@H]1C(=O)OC. The third kappa shape index (κ3) is 5.64. The number of nitrogens with one attached hydrogen (secondary N) is 2. The fraction of sp³-hybridized carbons (Fsp3) is 0.522. The average molecular weight is 430 g/mol. The largest absolute Gasteiger partial charge is 0.467 e. The van der Waals surface area contributed by atoms with Crippen molar-refractivity contribution in [2.75, 3.05) is 13.7 Å². The predicted molar refractivity (Wildman–Crippen MR) is 116 cm³/mol. The number of carbonyl (C=O) groups is 3. The summed E-state index contributed by atoms with van der Waals surface area (Å²) in [5.74, 6) is -0.556. The van der Waals surface area contributed by atoms with Crippen LogP contribution in [0.2, 0.25) is 0 Å². The molecule has 0 bridgehead atoms. The van der Waals surface area contributed by atoms with E-state index in [0.29, 0.717) is 32.4 Å². The molecule has 1 aliphatic heterocycles. The number of benzene rings is 1. The summed E-state index contributed by atoms with van der Waals surface area (Å²) in [6.07, 6.45) is 4.41. The van der Waals surface area contributed by atoms with Crippen molar-refractivity contribution in [1.29, 1.82) is 0 Å². The molecule has 2 amide bonds. The van der Waals surface area contributed by atoms with Crippen LogP contribution in [0.1, 0.15) is 56.7 Å². The summed E-state index contributed by atoms with van der Waals surface area (Å²) in [5, 5.41) is 1.09. The first-order valence-electron chi connectivity index (χ1n) is 10.9. The molecule has 0 radical (unpaired) electrons. The van der Waals surface area contributed by atoms with Gasteiger partial charge in [0.15, 0.2) is 0 Å². The Kier molecular flexibility index (Phi) is 8.06. The van der Waals surface area contributed by atoms with Gasteiger partial charge < -0.3 is 14.6 Å². The lowest BCUT2D eigenvalue weighted by Crippen LogP contribution is -2.49. The van der Waals surface area contributed by atoms with E-state index in [1.165, 1.54) is 7.11 Å². The van der Waals surface area contributed by atoms with E-state index < -0.39 is 6.04 Å². The Morgan fingerprint density at radius 1 is 1.13 bits per heavy atom. The Hall–Kier alpha value is -2.87. The smallest absolute Gasteiger partial charge is 0.328 e. The van der Waals surface area contributed by atoms with Crippen LogP contribution in [0.25, 0.3) is 10.9 Å². The molecule has 2 aromatic rings. The van der Waals surface area contributed by atoms with Gasteiger partial charge in [0.2, 0.25) is 11.8 Å². The number of nitrogens with zero attached hydrogens (tertiary/aromatic N) is 1. The molecule has 1 aliphatic rings. The Bertz CT molecular complexity index is 923. The minimum atomic E-state index is -0.605. The first kappa shape index (κ1) is 22.8. The zero-order valence-corrected chi connectivity index (χ0v) is 18.2. The summed E-state index contributed by atoms with van der Waals surface area (Å²) < 4.78 is 4.99. The van der Waals surface area contributed by atoms with Crippen LogP contribution >= 0.6 is 0 Å². The van der Waals surface area contributed by atoms with Crippen LogP contribution in [0.3, 0.4) is 0 Å². The highest BCUT2D eigenvalue weighted by Gasteiger charge is 2.36. The van der Waals surface area contributed by atoms with E-state index in [4.69, 9.17) is 9.57 Å². The second-order valence-electron chi connectivity index (χ2n) is 7.76. The molecule has 3 rings (SSSR count). The van der Waals surface area contributed by atoms with Gasteiger partial charge in [0.1, 0.15) is 6.04 Å². The minimum Gasteiger partial charge on any atom is -0.467 e. The van der Waals surface area contributed by atoms with Crippen LogP contribution in [0.15, 0.2) is 24.3 Å². The monoisotopic (exact) mass is 429 g/mol. The average Bonchev–Trinajstić information content (AvgIpc) is 3.16. The Morgan fingerprint density at radius 3 is 2.61 bits per heavy atom. The molecular weight excluding hydrogens is 398 g/mol. The van der Waals surface area contributed by atoms with Gasteiger partial charge in [-0.25, -0.2) is 10.3 Å². The molecule has 1 aromatic carbocycles. The minimum absolute atomic E-state index is 0.0474. The van der Waals surface area contributed by atoms with Gasteiger partial charge in [-0.2, -0.15) is 0 Å². The van der Waals surface area contributed by atoms with Crippen molar-refractivity contribution in [2.45, 2.75) is 64.5 Å². The number of para-hydroxylation sites is 1. The van der Waals surface area contributed by atoms with E-state index in [1.54, 1.807) is 4.90 Å². The summed E-state index contributed by atoms with van der Waals surface area (Å²) in [7, 11) is 1.36. The third-order valence-electron chi connectivity index (χ3n) is 5.67. The number of unbranched alkanes of at least 4 members (excludes halogenated alkanes) is 3. The topological polar surface area (TPSA) is 101 Å². The number of H-pyrrole nitrogens is 1. The van der Waals surface area contributed by atoms with Gasteiger partial charge >= 0.3 is 5.97 Å². The quantitative estimate of drug-likeness (QED) is 0.344. The van der Waals surface area contributed by atoms with Crippen molar-refractivity contribution in [1.82, 2.24) is 15.4 Å². The van der Waals surface area contributed by atoms with Gasteiger partial charge in [0.25, 0.3) is 0 Å². The molecule has 0 aliphatic carbocycles. The number of ether oxygens (including phenoxy) is 1. The van der Waals surface area contributed by atoms with E-state index in [2.05, 4.69) is 10.5 Å². The van der Waals surface area contributed by atoms with Crippen molar-refractivity contribution < 1.29 is 24.0 Å². The van der Waals surface area contributed by atoms with Crippen molar-refractivity contribution in [2.24, 2.45) is 0 Å². The third-order valence-corrected chi connectivity index (χ3v) is 5.67. The standard InChI is InChI=1S/C23H31N3O5/c1-3-31-25-21(27)12-6-4-5-7-13-22(28)26-15-19-17(14-20(26)23(29)30-2)16-10-8-9-11-18(16)24-19/h8-11,20,24H,3-7,12-15H2,1-2H3,(H,25,27)/t20-/m0/s1. The van der Waals surface area contributed by atoms with Crippen LogP contribution in [-0.2, 0) is 36.9 Å².